The standard InChI is InChI=1S/C17H20N4O2/c1-12(11-21-9-3-6-16(21)22)19-17(23)20-15-5-2-4-13-10-18-8-7-14(13)15/h2,4-5,7-8,10,12H,3,6,9,11H2,1H3,(H2,19,20,23)/t12-/m1/s1. The minimum Gasteiger partial charge on any atom is -0.341 e. The molecule has 6 heteroatoms. The van der Waals surface area contributed by atoms with Crippen molar-refractivity contribution in [1.29, 1.82) is 0 Å². The normalized spacial score (nSPS) is 15.7. The Hall–Kier alpha value is -2.63. The average molecular weight is 312 g/mol. The van der Waals surface area contributed by atoms with Crippen LogP contribution in [0.5, 0.6) is 0 Å². The molecule has 0 bridgehead atoms. The molecule has 0 spiro atoms. The van der Waals surface area contributed by atoms with Crippen LogP contribution in [0.2, 0.25) is 0 Å². The number of amides is 3. The van der Waals surface area contributed by atoms with E-state index in [1.54, 1.807) is 17.3 Å². The number of benzene rings is 1. The van der Waals surface area contributed by atoms with E-state index in [2.05, 4.69) is 15.6 Å². The Morgan fingerprint density at radius 1 is 1.39 bits per heavy atom. The molecule has 120 valence electrons. The third-order valence-electron chi connectivity index (χ3n) is 3.97. The van der Waals surface area contributed by atoms with E-state index in [0.717, 1.165) is 29.4 Å². The van der Waals surface area contributed by atoms with Gasteiger partial charge in [-0.1, -0.05) is 12.1 Å². The summed E-state index contributed by atoms with van der Waals surface area (Å²) in [5, 5.41) is 7.67. The number of hydrogen-bond acceptors (Lipinski definition) is 3. The Morgan fingerprint density at radius 2 is 2.26 bits per heavy atom. The number of rotatable bonds is 4. The Morgan fingerprint density at radius 3 is 3.04 bits per heavy atom. The van der Waals surface area contributed by atoms with Gasteiger partial charge in [-0.15, -0.1) is 0 Å². The van der Waals surface area contributed by atoms with Gasteiger partial charge in [0.15, 0.2) is 0 Å². The summed E-state index contributed by atoms with van der Waals surface area (Å²) in [4.78, 5) is 29.7. The summed E-state index contributed by atoms with van der Waals surface area (Å²) >= 11 is 0. The van der Waals surface area contributed by atoms with Crippen LogP contribution >= 0.6 is 0 Å². The fourth-order valence-electron chi connectivity index (χ4n) is 2.89. The third kappa shape index (κ3) is 3.59. The first-order chi connectivity index (χ1) is 11.1. The zero-order chi connectivity index (χ0) is 16.2. The second-order valence-corrected chi connectivity index (χ2v) is 5.85. The minimum atomic E-state index is -0.270. The zero-order valence-electron chi connectivity index (χ0n) is 13.1. The lowest BCUT2D eigenvalue weighted by Crippen LogP contribution is -2.44. The average Bonchev–Trinajstić information content (AvgIpc) is 2.92. The molecule has 1 aromatic carbocycles. The molecule has 3 amide bonds. The van der Waals surface area contributed by atoms with E-state index in [1.807, 2.05) is 31.2 Å². The predicted octanol–water partition coefficient (Wildman–Crippen LogP) is 2.37. The van der Waals surface area contributed by atoms with Crippen LogP contribution in [0.4, 0.5) is 10.5 Å². The number of nitrogens with one attached hydrogen (secondary N) is 2. The molecule has 3 rings (SSSR count). The first-order valence-electron chi connectivity index (χ1n) is 7.81. The lowest BCUT2D eigenvalue weighted by molar-refractivity contribution is -0.127. The van der Waals surface area contributed by atoms with Gasteiger partial charge in [-0.25, -0.2) is 4.79 Å². The molecule has 1 atom stereocenters. The number of carbonyl (C=O) groups is 2. The first-order valence-corrected chi connectivity index (χ1v) is 7.81. The van der Waals surface area contributed by atoms with E-state index >= 15 is 0 Å². The Balaban J connectivity index is 1.61. The van der Waals surface area contributed by atoms with Crippen LogP contribution in [0.25, 0.3) is 10.8 Å². The maximum absolute atomic E-state index is 12.2. The van der Waals surface area contributed by atoms with E-state index in [1.165, 1.54) is 0 Å². The number of fused-ring (bicyclic) bond motifs is 1. The molecule has 0 radical (unpaired) electrons. The topological polar surface area (TPSA) is 74.3 Å². The van der Waals surface area contributed by atoms with Crippen LogP contribution in [-0.2, 0) is 4.79 Å². The Bertz CT molecular complexity index is 726. The summed E-state index contributed by atoms with van der Waals surface area (Å²) in [6.45, 7) is 3.23. The molecule has 0 saturated carbocycles. The van der Waals surface area contributed by atoms with Gasteiger partial charge >= 0.3 is 6.03 Å². The van der Waals surface area contributed by atoms with Gasteiger partial charge in [0.2, 0.25) is 5.91 Å². The number of aromatic nitrogens is 1. The van der Waals surface area contributed by atoms with Gasteiger partial charge in [0, 0.05) is 48.7 Å². The van der Waals surface area contributed by atoms with Crippen LogP contribution in [0.1, 0.15) is 19.8 Å². The van der Waals surface area contributed by atoms with Crippen molar-refractivity contribution in [1.82, 2.24) is 15.2 Å². The van der Waals surface area contributed by atoms with E-state index in [0.29, 0.717) is 13.0 Å². The van der Waals surface area contributed by atoms with Crippen LogP contribution in [0.15, 0.2) is 36.7 Å². The second kappa shape index (κ2) is 6.64. The number of urea groups is 1. The van der Waals surface area contributed by atoms with Crippen molar-refractivity contribution in [2.45, 2.75) is 25.8 Å². The second-order valence-electron chi connectivity index (χ2n) is 5.85. The highest BCUT2D eigenvalue weighted by Gasteiger charge is 2.22. The molecular weight excluding hydrogens is 292 g/mol. The van der Waals surface area contributed by atoms with Gasteiger partial charge in [0.1, 0.15) is 0 Å². The summed E-state index contributed by atoms with van der Waals surface area (Å²) in [5.41, 5.74) is 0.742. The van der Waals surface area contributed by atoms with Gasteiger partial charge < -0.3 is 15.5 Å². The van der Waals surface area contributed by atoms with Gasteiger partial charge in [-0.05, 0) is 25.5 Å². The number of nitrogens with zero attached hydrogens (tertiary/aromatic N) is 2. The van der Waals surface area contributed by atoms with E-state index in [-0.39, 0.29) is 18.0 Å². The number of carbonyl (C=O) groups excluding carboxylic acids is 2. The van der Waals surface area contributed by atoms with E-state index in [9.17, 15) is 9.59 Å². The molecule has 2 aromatic rings. The maximum Gasteiger partial charge on any atom is 0.319 e. The molecule has 1 aromatic heterocycles. The van der Waals surface area contributed by atoms with Crippen LogP contribution in [0.3, 0.4) is 0 Å². The smallest absolute Gasteiger partial charge is 0.319 e. The van der Waals surface area contributed by atoms with Crippen LogP contribution in [-0.4, -0.2) is 41.0 Å². The summed E-state index contributed by atoms with van der Waals surface area (Å²) in [6, 6.07) is 7.19. The van der Waals surface area contributed by atoms with Crippen LogP contribution < -0.4 is 10.6 Å². The Kier molecular flexibility index (Phi) is 4.41. The third-order valence-corrected chi connectivity index (χ3v) is 3.97. The maximum atomic E-state index is 12.2. The summed E-state index contributed by atoms with van der Waals surface area (Å²) < 4.78 is 0. The molecular formula is C17H20N4O2. The van der Waals surface area contributed by atoms with Crippen LogP contribution in [0, 0.1) is 0 Å². The summed E-state index contributed by atoms with van der Waals surface area (Å²) in [6.07, 6.45) is 4.98. The molecule has 2 heterocycles. The minimum absolute atomic E-state index is 0.103. The largest absolute Gasteiger partial charge is 0.341 e. The molecule has 0 unspecified atom stereocenters. The first kappa shape index (κ1) is 15.3. The Labute approximate surface area is 134 Å². The molecule has 1 aliphatic rings. The molecule has 1 saturated heterocycles. The number of hydrogen-bond donors (Lipinski definition) is 2. The highest BCUT2D eigenvalue weighted by Crippen LogP contribution is 2.22. The fourth-order valence-corrected chi connectivity index (χ4v) is 2.89. The lowest BCUT2D eigenvalue weighted by Gasteiger charge is -2.22. The zero-order valence-corrected chi connectivity index (χ0v) is 13.1. The fraction of sp³-hybridized carbons (Fsp3) is 0.353. The number of anilines is 1. The molecule has 2 N–H and O–H groups in total. The molecule has 1 aliphatic heterocycles. The quantitative estimate of drug-likeness (QED) is 0.910. The lowest BCUT2D eigenvalue weighted by atomic mass is 10.1. The highest BCUT2D eigenvalue weighted by atomic mass is 16.2. The number of likely N-dealkylation sites (tertiary alicyclic amines) is 1. The van der Waals surface area contributed by atoms with Gasteiger partial charge in [0.25, 0.3) is 0 Å². The SMILES string of the molecule is C[C@H](CN1CCCC1=O)NC(=O)Nc1cccc2cnccc12. The van der Waals surface area contributed by atoms with Crippen molar-refractivity contribution in [2.75, 3.05) is 18.4 Å². The van der Waals surface area contributed by atoms with Crippen molar-refractivity contribution in [3.05, 3.63) is 36.7 Å². The molecule has 23 heavy (non-hydrogen) atoms. The van der Waals surface area contributed by atoms with Crippen molar-refractivity contribution >= 4 is 28.4 Å². The van der Waals surface area contributed by atoms with Crippen molar-refractivity contribution < 1.29 is 9.59 Å². The molecule has 6 nitrogen and oxygen atoms in total. The van der Waals surface area contributed by atoms with Gasteiger partial charge in [-0.3, -0.25) is 9.78 Å². The van der Waals surface area contributed by atoms with Crippen molar-refractivity contribution in [2.24, 2.45) is 0 Å². The number of pyridine rings is 1. The highest BCUT2D eigenvalue weighted by molar-refractivity contribution is 6.01. The molecule has 1 fully saturated rings. The predicted molar refractivity (Wildman–Crippen MR) is 89.2 cm³/mol. The van der Waals surface area contributed by atoms with E-state index < -0.39 is 0 Å². The van der Waals surface area contributed by atoms with E-state index in [4.69, 9.17) is 0 Å². The summed E-state index contributed by atoms with van der Waals surface area (Å²) in [5.74, 6) is 0.167. The van der Waals surface area contributed by atoms with Crippen molar-refractivity contribution in [3.63, 3.8) is 0 Å². The van der Waals surface area contributed by atoms with Crippen molar-refractivity contribution in [3.8, 4) is 0 Å². The molecule has 0 aliphatic carbocycles. The van der Waals surface area contributed by atoms with Gasteiger partial charge in [-0.2, -0.15) is 0 Å². The monoisotopic (exact) mass is 312 g/mol. The summed E-state index contributed by atoms with van der Waals surface area (Å²) in [7, 11) is 0. The van der Waals surface area contributed by atoms with Gasteiger partial charge in [0.05, 0.1) is 5.69 Å².